The molecular weight excluding hydrogens is 180 g/mol. The summed E-state index contributed by atoms with van der Waals surface area (Å²) in [6.07, 6.45) is 0. The van der Waals surface area contributed by atoms with Crippen LogP contribution >= 0.6 is 0 Å². The number of para-hydroxylation sites is 1. The van der Waals surface area contributed by atoms with Crippen LogP contribution in [0, 0.1) is 0 Å². The Morgan fingerprint density at radius 2 is 2.07 bits per heavy atom. The van der Waals surface area contributed by atoms with E-state index in [1.165, 1.54) is 0 Å². The van der Waals surface area contributed by atoms with Gasteiger partial charge in [-0.25, -0.2) is 9.97 Å². The van der Waals surface area contributed by atoms with E-state index in [9.17, 15) is 5.11 Å². The predicted octanol–water partition coefficient (Wildman–Crippen LogP) is 0.376. The smallest absolute Gasteiger partial charge is 0.220 e. The summed E-state index contributed by atoms with van der Waals surface area (Å²) in [5.74, 6) is 0.214. The Labute approximate surface area is 80.4 Å². The third-order valence-electron chi connectivity index (χ3n) is 1.99. The molecule has 1 heterocycles. The number of aromatic nitrogens is 2. The third kappa shape index (κ3) is 1.23. The van der Waals surface area contributed by atoms with Gasteiger partial charge in [0.05, 0.1) is 5.69 Å². The van der Waals surface area contributed by atoms with Crippen molar-refractivity contribution < 1.29 is 5.11 Å². The van der Waals surface area contributed by atoms with Crippen molar-refractivity contribution in [2.24, 2.45) is 5.73 Å². The molecule has 2 rings (SSSR count). The molecule has 0 unspecified atom stereocenters. The van der Waals surface area contributed by atoms with Crippen molar-refractivity contribution in [2.45, 2.75) is 6.54 Å². The summed E-state index contributed by atoms with van der Waals surface area (Å²) < 4.78 is 0. The summed E-state index contributed by atoms with van der Waals surface area (Å²) in [6, 6.07) is 5.07. The molecule has 0 atom stereocenters. The molecule has 0 radical (unpaired) electrons. The molecule has 14 heavy (non-hydrogen) atoms. The monoisotopic (exact) mass is 190 g/mol. The SMILES string of the molecule is NCc1nc(N)nc2c(O)cccc12. The molecule has 0 aliphatic rings. The van der Waals surface area contributed by atoms with Crippen LogP contribution in [0.5, 0.6) is 5.75 Å². The van der Waals surface area contributed by atoms with E-state index in [0.717, 1.165) is 5.39 Å². The summed E-state index contributed by atoms with van der Waals surface area (Å²) in [5.41, 5.74) is 12.1. The van der Waals surface area contributed by atoms with Crippen LogP contribution < -0.4 is 11.5 Å². The molecule has 5 heteroatoms. The predicted molar refractivity (Wildman–Crippen MR) is 53.5 cm³/mol. The lowest BCUT2D eigenvalue weighted by molar-refractivity contribution is 0.480. The van der Waals surface area contributed by atoms with Gasteiger partial charge in [-0.1, -0.05) is 12.1 Å². The maximum Gasteiger partial charge on any atom is 0.220 e. The lowest BCUT2D eigenvalue weighted by atomic mass is 10.2. The highest BCUT2D eigenvalue weighted by atomic mass is 16.3. The van der Waals surface area contributed by atoms with Crippen LogP contribution in [0.2, 0.25) is 0 Å². The summed E-state index contributed by atoms with van der Waals surface area (Å²) in [6.45, 7) is 0.271. The Balaban J connectivity index is 2.87. The van der Waals surface area contributed by atoms with Crippen molar-refractivity contribution in [3.8, 4) is 5.75 Å². The molecule has 5 nitrogen and oxygen atoms in total. The second-order valence-corrected chi connectivity index (χ2v) is 2.91. The molecule has 2 aromatic rings. The van der Waals surface area contributed by atoms with Crippen molar-refractivity contribution in [3.05, 3.63) is 23.9 Å². The number of phenolic OH excluding ortho intramolecular Hbond substituents is 1. The number of nitrogens with two attached hydrogens (primary N) is 2. The minimum atomic E-state index is 0.0892. The third-order valence-corrected chi connectivity index (χ3v) is 1.99. The van der Waals surface area contributed by atoms with Crippen LogP contribution in [0.1, 0.15) is 5.69 Å². The van der Waals surface area contributed by atoms with Gasteiger partial charge in [-0.3, -0.25) is 0 Å². The molecule has 0 aliphatic heterocycles. The van der Waals surface area contributed by atoms with Gasteiger partial charge in [-0.05, 0) is 6.07 Å². The first-order chi connectivity index (χ1) is 6.72. The normalized spacial score (nSPS) is 10.6. The first kappa shape index (κ1) is 8.71. The first-order valence-electron chi connectivity index (χ1n) is 4.16. The quantitative estimate of drug-likeness (QED) is 0.603. The van der Waals surface area contributed by atoms with Crippen LogP contribution in [0.15, 0.2) is 18.2 Å². The van der Waals surface area contributed by atoms with E-state index in [4.69, 9.17) is 11.5 Å². The molecule has 5 N–H and O–H groups in total. The standard InChI is InChI=1S/C9H10N4O/c10-4-6-5-2-1-3-7(14)8(5)13-9(11)12-6/h1-3,14H,4,10H2,(H2,11,12,13). The molecule has 72 valence electrons. The van der Waals surface area contributed by atoms with E-state index in [2.05, 4.69) is 9.97 Å². The van der Waals surface area contributed by atoms with Gasteiger partial charge < -0.3 is 16.6 Å². The zero-order valence-corrected chi connectivity index (χ0v) is 7.44. The highest BCUT2D eigenvalue weighted by Crippen LogP contribution is 2.24. The van der Waals surface area contributed by atoms with Crippen molar-refractivity contribution in [1.82, 2.24) is 9.97 Å². The van der Waals surface area contributed by atoms with E-state index in [0.29, 0.717) is 11.2 Å². The number of benzene rings is 1. The average Bonchev–Trinajstić information content (AvgIpc) is 2.18. The summed E-state index contributed by atoms with van der Waals surface area (Å²) in [4.78, 5) is 7.94. The second kappa shape index (κ2) is 3.12. The number of nitrogen functional groups attached to an aromatic ring is 1. The molecule has 0 amide bonds. The Bertz CT molecular complexity index is 483. The fourth-order valence-corrected chi connectivity index (χ4v) is 1.38. The Hall–Kier alpha value is -1.88. The number of aromatic hydroxyl groups is 1. The Morgan fingerprint density at radius 1 is 1.29 bits per heavy atom. The average molecular weight is 190 g/mol. The van der Waals surface area contributed by atoms with E-state index >= 15 is 0 Å². The van der Waals surface area contributed by atoms with Crippen LogP contribution in [-0.2, 0) is 6.54 Å². The zero-order valence-electron chi connectivity index (χ0n) is 7.44. The first-order valence-corrected chi connectivity index (χ1v) is 4.16. The van der Waals surface area contributed by atoms with E-state index in [1.807, 2.05) is 0 Å². The molecular formula is C9H10N4O. The number of rotatable bonds is 1. The highest BCUT2D eigenvalue weighted by molar-refractivity contribution is 5.86. The lowest BCUT2D eigenvalue weighted by Gasteiger charge is -2.05. The molecule has 0 saturated heterocycles. The summed E-state index contributed by atoms with van der Waals surface area (Å²) in [7, 11) is 0. The van der Waals surface area contributed by atoms with Gasteiger partial charge in [0.1, 0.15) is 11.3 Å². The zero-order chi connectivity index (χ0) is 10.1. The van der Waals surface area contributed by atoms with Crippen LogP contribution in [-0.4, -0.2) is 15.1 Å². The van der Waals surface area contributed by atoms with Crippen LogP contribution in [0.25, 0.3) is 10.9 Å². The molecule has 1 aromatic heterocycles. The molecule has 0 saturated carbocycles. The van der Waals surface area contributed by atoms with E-state index in [1.54, 1.807) is 18.2 Å². The molecule has 0 aliphatic carbocycles. The largest absolute Gasteiger partial charge is 0.506 e. The maximum atomic E-state index is 9.53. The maximum absolute atomic E-state index is 9.53. The summed E-state index contributed by atoms with van der Waals surface area (Å²) in [5, 5.41) is 10.3. The van der Waals surface area contributed by atoms with Gasteiger partial charge >= 0.3 is 0 Å². The van der Waals surface area contributed by atoms with Gasteiger partial charge in [0.25, 0.3) is 0 Å². The number of phenols is 1. The minimum absolute atomic E-state index is 0.0892. The fraction of sp³-hybridized carbons (Fsp3) is 0.111. The number of anilines is 1. The fourth-order valence-electron chi connectivity index (χ4n) is 1.38. The number of hydrogen-bond acceptors (Lipinski definition) is 5. The summed E-state index contributed by atoms with van der Waals surface area (Å²) >= 11 is 0. The van der Waals surface area contributed by atoms with Gasteiger partial charge in [0, 0.05) is 11.9 Å². The second-order valence-electron chi connectivity index (χ2n) is 2.91. The topological polar surface area (TPSA) is 98.0 Å². The molecule has 1 aromatic carbocycles. The lowest BCUT2D eigenvalue weighted by Crippen LogP contribution is -2.05. The van der Waals surface area contributed by atoms with Crippen molar-refractivity contribution in [3.63, 3.8) is 0 Å². The van der Waals surface area contributed by atoms with Crippen molar-refractivity contribution in [1.29, 1.82) is 0 Å². The van der Waals surface area contributed by atoms with Crippen molar-refractivity contribution >= 4 is 16.9 Å². The molecule has 0 bridgehead atoms. The van der Waals surface area contributed by atoms with Gasteiger partial charge in [-0.15, -0.1) is 0 Å². The number of nitrogens with zero attached hydrogens (tertiary/aromatic N) is 2. The van der Waals surface area contributed by atoms with Gasteiger partial charge in [0.2, 0.25) is 5.95 Å². The Morgan fingerprint density at radius 3 is 2.79 bits per heavy atom. The highest BCUT2D eigenvalue weighted by Gasteiger charge is 2.07. The van der Waals surface area contributed by atoms with E-state index in [-0.39, 0.29) is 18.2 Å². The number of fused-ring (bicyclic) bond motifs is 1. The van der Waals surface area contributed by atoms with E-state index < -0.39 is 0 Å². The Kier molecular flexibility index (Phi) is 1.94. The van der Waals surface area contributed by atoms with Crippen LogP contribution in [0.4, 0.5) is 5.95 Å². The molecule has 0 fully saturated rings. The van der Waals surface area contributed by atoms with Crippen LogP contribution in [0.3, 0.4) is 0 Å². The minimum Gasteiger partial charge on any atom is -0.506 e. The number of hydrogen-bond donors (Lipinski definition) is 3. The molecule has 0 spiro atoms. The van der Waals surface area contributed by atoms with Gasteiger partial charge in [-0.2, -0.15) is 0 Å². The van der Waals surface area contributed by atoms with Crippen molar-refractivity contribution in [2.75, 3.05) is 5.73 Å². The van der Waals surface area contributed by atoms with Gasteiger partial charge in [0.15, 0.2) is 0 Å².